The fraction of sp³-hybridized carbons (Fsp3) is 0.500. The highest BCUT2D eigenvalue weighted by Crippen LogP contribution is 2.08. The molecule has 0 radical (unpaired) electrons. The normalized spacial score (nSPS) is 9.53. The number of carbonyl (C=O) groups excluding carboxylic acids is 1. The average Bonchev–Trinajstić information content (AvgIpc) is 2.41. The molecule has 0 aromatic heterocycles. The topological polar surface area (TPSA) is 50.4 Å². The highest BCUT2D eigenvalue weighted by molar-refractivity contribution is 5.85. The first-order chi connectivity index (χ1) is 8.83. The van der Waals surface area contributed by atoms with E-state index in [0.29, 0.717) is 19.6 Å². The Morgan fingerprint density at radius 2 is 1.95 bits per heavy atom. The first-order valence-corrected chi connectivity index (χ1v) is 6.48. The molecule has 19 heavy (non-hydrogen) atoms. The molecule has 0 spiro atoms. The van der Waals surface area contributed by atoms with Crippen LogP contribution in [0.2, 0.25) is 0 Å². The maximum atomic E-state index is 11.4. The van der Waals surface area contributed by atoms with E-state index in [1.54, 1.807) is 0 Å². The fourth-order valence-electron chi connectivity index (χ4n) is 1.49. The lowest BCUT2D eigenvalue weighted by molar-refractivity contribution is -0.121. The number of amides is 1. The summed E-state index contributed by atoms with van der Waals surface area (Å²) in [6.07, 6.45) is 1.25. The van der Waals surface area contributed by atoms with Crippen molar-refractivity contribution in [2.45, 2.75) is 19.8 Å². The van der Waals surface area contributed by atoms with Crippen molar-refractivity contribution in [3.05, 3.63) is 30.3 Å². The lowest BCUT2D eigenvalue weighted by Gasteiger charge is -2.07. The van der Waals surface area contributed by atoms with Crippen LogP contribution >= 0.6 is 12.4 Å². The van der Waals surface area contributed by atoms with Crippen molar-refractivity contribution in [1.29, 1.82) is 0 Å². The van der Waals surface area contributed by atoms with Gasteiger partial charge in [-0.25, -0.2) is 0 Å². The van der Waals surface area contributed by atoms with Crippen molar-refractivity contribution < 1.29 is 9.53 Å². The minimum absolute atomic E-state index is 0. The van der Waals surface area contributed by atoms with Crippen LogP contribution in [0.1, 0.15) is 19.8 Å². The van der Waals surface area contributed by atoms with Crippen molar-refractivity contribution in [2.24, 2.45) is 0 Å². The van der Waals surface area contributed by atoms with Crippen LogP contribution in [0.5, 0.6) is 5.75 Å². The van der Waals surface area contributed by atoms with Crippen LogP contribution in [-0.4, -0.2) is 32.1 Å². The third-order valence-corrected chi connectivity index (χ3v) is 2.43. The molecule has 5 heteroatoms. The second kappa shape index (κ2) is 11.8. The van der Waals surface area contributed by atoms with Crippen LogP contribution in [0.4, 0.5) is 0 Å². The van der Waals surface area contributed by atoms with Crippen LogP contribution in [0.25, 0.3) is 0 Å². The summed E-state index contributed by atoms with van der Waals surface area (Å²) in [7, 11) is 0. The molecular formula is C14H23ClN2O2. The zero-order valence-electron chi connectivity index (χ0n) is 11.4. The van der Waals surface area contributed by atoms with Gasteiger partial charge in [-0.05, 0) is 25.1 Å². The fourth-order valence-corrected chi connectivity index (χ4v) is 1.49. The zero-order chi connectivity index (χ0) is 13.1. The van der Waals surface area contributed by atoms with E-state index < -0.39 is 0 Å². The molecule has 2 N–H and O–H groups in total. The van der Waals surface area contributed by atoms with Crippen LogP contribution in [0.3, 0.4) is 0 Å². The second-order valence-electron chi connectivity index (χ2n) is 3.97. The number of ether oxygens (including phenoxy) is 1. The molecule has 0 aliphatic carbocycles. The van der Waals surface area contributed by atoms with E-state index in [9.17, 15) is 4.79 Å². The lowest BCUT2D eigenvalue weighted by Crippen LogP contribution is -2.31. The number of hydrogen-bond donors (Lipinski definition) is 2. The number of likely N-dealkylation sites (N-methyl/N-ethyl adjacent to an activating group) is 1. The maximum Gasteiger partial charge on any atom is 0.220 e. The van der Waals surface area contributed by atoms with E-state index in [-0.39, 0.29) is 18.3 Å². The minimum Gasteiger partial charge on any atom is -0.494 e. The minimum atomic E-state index is 0. The van der Waals surface area contributed by atoms with Gasteiger partial charge >= 0.3 is 0 Å². The lowest BCUT2D eigenvalue weighted by atomic mass is 10.3. The van der Waals surface area contributed by atoms with E-state index in [1.165, 1.54) is 0 Å². The van der Waals surface area contributed by atoms with Crippen molar-refractivity contribution in [2.75, 3.05) is 26.2 Å². The summed E-state index contributed by atoms with van der Waals surface area (Å²) >= 11 is 0. The van der Waals surface area contributed by atoms with Crippen molar-refractivity contribution in [3.63, 3.8) is 0 Å². The van der Waals surface area contributed by atoms with Crippen molar-refractivity contribution >= 4 is 18.3 Å². The van der Waals surface area contributed by atoms with Gasteiger partial charge in [-0.1, -0.05) is 25.1 Å². The Bertz CT molecular complexity index is 333. The highest BCUT2D eigenvalue weighted by Gasteiger charge is 2.00. The molecule has 1 rings (SSSR count). The molecule has 108 valence electrons. The Balaban J connectivity index is 0.00000324. The summed E-state index contributed by atoms with van der Waals surface area (Å²) in [4.78, 5) is 11.4. The standard InChI is InChI=1S/C14H22N2O2.ClH/c1-2-15-10-11-16-14(17)9-6-12-18-13-7-4-3-5-8-13;/h3-5,7-8,15H,2,6,9-12H2,1H3,(H,16,17);1H. The molecule has 0 bridgehead atoms. The first kappa shape index (κ1) is 17.7. The Kier molecular flexibility index (Phi) is 11.0. The Morgan fingerprint density at radius 1 is 1.21 bits per heavy atom. The number of hydrogen-bond acceptors (Lipinski definition) is 3. The van der Waals surface area contributed by atoms with E-state index in [2.05, 4.69) is 10.6 Å². The monoisotopic (exact) mass is 286 g/mol. The third-order valence-electron chi connectivity index (χ3n) is 2.43. The number of halogens is 1. The predicted octanol–water partition coefficient (Wildman–Crippen LogP) is 1.99. The van der Waals surface area contributed by atoms with E-state index in [1.807, 2.05) is 37.3 Å². The van der Waals surface area contributed by atoms with E-state index in [4.69, 9.17) is 4.74 Å². The van der Waals surface area contributed by atoms with Gasteiger partial charge in [0.05, 0.1) is 6.61 Å². The van der Waals surface area contributed by atoms with Crippen molar-refractivity contribution in [1.82, 2.24) is 10.6 Å². The SMILES string of the molecule is CCNCCNC(=O)CCCOc1ccccc1.Cl. The summed E-state index contributed by atoms with van der Waals surface area (Å²) < 4.78 is 5.51. The molecule has 0 saturated heterocycles. The molecule has 0 aliphatic heterocycles. The highest BCUT2D eigenvalue weighted by atomic mass is 35.5. The molecule has 0 atom stereocenters. The van der Waals surface area contributed by atoms with Gasteiger partial charge in [0.25, 0.3) is 0 Å². The van der Waals surface area contributed by atoms with Gasteiger partial charge in [0.15, 0.2) is 0 Å². The van der Waals surface area contributed by atoms with Crippen molar-refractivity contribution in [3.8, 4) is 5.75 Å². The number of carbonyl (C=O) groups is 1. The van der Waals surface area contributed by atoms with Gasteiger partial charge < -0.3 is 15.4 Å². The van der Waals surface area contributed by atoms with Gasteiger partial charge in [-0.15, -0.1) is 12.4 Å². The molecule has 0 fully saturated rings. The third kappa shape index (κ3) is 9.33. The molecule has 4 nitrogen and oxygen atoms in total. The van der Waals surface area contributed by atoms with Gasteiger partial charge in [-0.3, -0.25) is 4.79 Å². The Hall–Kier alpha value is -1.26. The van der Waals surface area contributed by atoms with Gasteiger partial charge in [0.2, 0.25) is 5.91 Å². The molecule has 0 heterocycles. The van der Waals surface area contributed by atoms with Gasteiger partial charge in [0, 0.05) is 19.5 Å². The molecule has 1 aromatic carbocycles. The van der Waals surface area contributed by atoms with Crippen LogP contribution in [-0.2, 0) is 4.79 Å². The molecule has 0 unspecified atom stereocenters. The second-order valence-corrected chi connectivity index (χ2v) is 3.97. The predicted molar refractivity (Wildman–Crippen MR) is 80.0 cm³/mol. The van der Waals surface area contributed by atoms with Crippen LogP contribution in [0, 0.1) is 0 Å². The number of para-hydroxylation sites is 1. The maximum absolute atomic E-state index is 11.4. The molecule has 0 aliphatic rings. The summed E-state index contributed by atoms with van der Waals surface area (Å²) in [5, 5.41) is 6.01. The van der Waals surface area contributed by atoms with Crippen LogP contribution in [0.15, 0.2) is 30.3 Å². The summed E-state index contributed by atoms with van der Waals surface area (Å²) in [5.74, 6) is 0.939. The largest absolute Gasteiger partial charge is 0.494 e. The molecule has 0 saturated carbocycles. The number of nitrogens with one attached hydrogen (secondary N) is 2. The number of benzene rings is 1. The zero-order valence-corrected chi connectivity index (χ0v) is 12.2. The molecule has 1 amide bonds. The quantitative estimate of drug-likeness (QED) is 0.683. The van der Waals surface area contributed by atoms with E-state index in [0.717, 1.165) is 25.3 Å². The Labute approximate surface area is 121 Å². The smallest absolute Gasteiger partial charge is 0.220 e. The molecule has 1 aromatic rings. The average molecular weight is 287 g/mol. The number of rotatable bonds is 9. The van der Waals surface area contributed by atoms with Gasteiger partial charge in [0.1, 0.15) is 5.75 Å². The summed E-state index contributed by atoms with van der Waals surface area (Å²) in [5.41, 5.74) is 0. The van der Waals surface area contributed by atoms with E-state index >= 15 is 0 Å². The summed E-state index contributed by atoms with van der Waals surface area (Å²) in [6, 6.07) is 9.64. The molecular weight excluding hydrogens is 264 g/mol. The Morgan fingerprint density at radius 3 is 2.63 bits per heavy atom. The van der Waals surface area contributed by atoms with Crippen LogP contribution < -0.4 is 15.4 Å². The first-order valence-electron chi connectivity index (χ1n) is 6.48. The van der Waals surface area contributed by atoms with Gasteiger partial charge in [-0.2, -0.15) is 0 Å². The summed E-state index contributed by atoms with van der Waals surface area (Å²) in [6.45, 7) is 5.06.